The number of rotatable bonds is 6. The summed E-state index contributed by atoms with van der Waals surface area (Å²) < 4.78 is 24.4. The zero-order valence-corrected chi connectivity index (χ0v) is 13.4. The van der Waals surface area contributed by atoms with Crippen molar-refractivity contribution in [3.8, 4) is 18.1 Å². The lowest BCUT2D eigenvalue weighted by Crippen LogP contribution is -2.42. The number of halogens is 1. The first-order chi connectivity index (χ1) is 11.7. The highest BCUT2D eigenvalue weighted by atomic mass is 19.1. The van der Waals surface area contributed by atoms with Crippen LogP contribution in [-0.2, 0) is 4.74 Å². The zero-order chi connectivity index (χ0) is 16.9. The fourth-order valence-electron chi connectivity index (χ4n) is 2.62. The quantitative estimate of drug-likeness (QED) is 0.788. The van der Waals surface area contributed by atoms with Crippen LogP contribution in [0.2, 0.25) is 0 Å². The first-order valence-corrected chi connectivity index (χ1v) is 8.19. The molecular formula is C18H21FN2O3. The third kappa shape index (κ3) is 4.39. The number of ether oxygens (including phenoxy) is 2. The summed E-state index contributed by atoms with van der Waals surface area (Å²) in [5.74, 6) is 3.16. The summed E-state index contributed by atoms with van der Waals surface area (Å²) in [7, 11) is 0. The monoisotopic (exact) mass is 332 g/mol. The van der Waals surface area contributed by atoms with Crippen molar-refractivity contribution < 1.29 is 18.7 Å². The average Bonchev–Trinajstić information content (AvgIpc) is 3.24. The Labute approximate surface area is 140 Å². The molecule has 0 spiro atoms. The maximum atomic E-state index is 13.4. The van der Waals surface area contributed by atoms with Gasteiger partial charge in [0, 0.05) is 18.6 Å². The van der Waals surface area contributed by atoms with Gasteiger partial charge in [-0.3, -0.25) is 0 Å². The molecule has 0 bridgehead atoms. The third-order valence-corrected chi connectivity index (χ3v) is 4.27. The number of hydrogen-bond acceptors (Lipinski definition) is 3. The standard InChI is InChI=1S/C18H21FN2O3/c1-2-15(13-7-8-23-11-13)20-18(22)21-16-6-5-14(19)9-17(16)24-10-12-3-4-12/h1,5-6,9,12-13,15H,3-4,7-8,10-11H2,(H2,20,21,22)/t13-,15+/m1/s1. The van der Waals surface area contributed by atoms with Gasteiger partial charge in [0.05, 0.1) is 24.9 Å². The van der Waals surface area contributed by atoms with E-state index in [1.165, 1.54) is 18.2 Å². The van der Waals surface area contributed by atoms with Crippen molar-refractivity contribution in [3.05, 3.63) is 24.0 Å². The van der Waals surface area contributed by atoms with Gasteiger partial charge in [0.25, 0.3) is 0 Å². The van der Waals surface area contributed by atoms with Crippen LogP contribution in [0.25, 0.3) is 0 Å². The average molecular weight is 332 g/mol. The number of nitrogens with one attached hydrogen (secondary N) is 2. The molecular weight excluding hydrogens is 311 g/mol. The highest BCUT2D eigenvalue weighted by Gasteiger charge is 2.26. The highest BCUT2D eigenvalue weighted by Crippen LogP contribution is 2.32. The van der Waals surface area contributed by atoms with Crippen LogP contribution in [0.5, 0.6) is 5.75 Å². The van der Waals surface area contributed by atoms with E-state index in [-0.39, 0.29) is 5.92 Å². The van der Waals surface area contributed by atoms with Gasteiger partial charge in [0.15, 0.2) is 0 Å². The SMILES string of the molecule is C#C[C@H](NC(=O)Nc1ccc(F)cc1OCC1CC1)[C@@H]1CCOC1. The number of benzene rings is 1. The maximum absolute atomic E-state index is 13.4. The van der Waals surface area contributed by atoms with Crippen LogP contribution in [0, 0.1) is 30.0 Å². The summed E-state index contributed by atoms with van der Waals surface area (Å²) in [6.45, 7) is 1.73. The van der Waals surface area contributed by atoms with Crippen molar-refractivity contribution in [2.24, 2.45) is 11.8 Å². The molecule has 1 aromatic rings. The van der Waals surface area contributed by atoms with Crippen molar-refractivity contribution in [1.82, 2.24) is 5.32 Å². The van der Waals surface area contributed by atoms with E-state index in [1.54, 1.807) is 0 Å². The molecule has 1 aliphatic heterocycles. The molecule has 0 aromatic heterocycles. The van der Waals surface area contributed by atoms with Gasteiger partial charge >= 0.3 is 6.03 Å². The minimum atomic E-state index is -0.437. The van der Waals surface area contributed by atoms with Crippen LogP contribution in [-0.4, -0.2) is 31.9 Å². The van der Waals surface area contributed by atoms with Crippen LogP contribution in [0.15, 0.2) is 18.2 Å². The molecule has 128 valence electrons. The minimum absolute atomic E-state index is 0.111. The summed E-state index contributed by atoms with van der Waals surface area (Å²) in [6, 6.07) is 3.21. The summed E-state index contributed by atoms with van der Waals surface area (Å²) >= 11 is 0. The van der Waals surface area contributed by atoms with E-state index in [0.717, 1.165) is 19.3 Å². The molecule has 2 amide bonds. The molecule has 2 aliphatic rings. The summed E-state index contributed by atoms with van der Waals surface area (Å²) in [5.41, 5.74) is 0.424. The number of amides is 2. The van der Waals surface area contributed by atoms with Gasteiger partial charge in [-0.1, -0.05) is 5.92 Å². The highest BCUT2D eigenvalue weighted by molar-refractivity contribution is 5.91. The van der Waals surface area contributed by atoms with Gasteiger partial charge in [0.1, 0.15) is 11.6 Å². The van der Waals surface area contributed by atoms with Gasteiger partial charge in [-0.15, -0.1) is 6.42 Å². The fraction of sp³-hybridized carbons (Fsp3) is 0.500. The summed E-state index contributed by atoms with van der Waals surface area (Å²) in [5, 5.41) is 5.45. The predicted molar refractivity (Wildman–Crippen MR) is 88.3 cm³/mol. The number of urea groups is 1. The molecule has 2 N–H and O–H groups in total. The van der Waals surface area contributed by atoms with Crippen molar-refractivity contribution in [1.29, 1.82) is 0 Å². The molecule has 1 saturated carbocycles. The van der Waals surface area contributed by atoms with Crippen molar-refractivity contribution in [3.63, 3.8) is 0 Å². The van der Waals surface area contributed by atoms with Gasteiger partial charge in [-0.2, -0.15) is 0 Å². The van der Waals surface area contributed by atoms with Crippen LogP contribution in [0.3, 0.4) is 0 Å². The molecule has 1 aliphatic carbocycles. The van der Waals surface area contributed by atoms with Crippen molar-refractivity contribution in [2.75, 3.05) is 25.1 Å². The van der Waals surface area contributed by atoms with E-state index in [1.807, 2.05) is 0 Å². The predicted octanol–water partition coefficient (Wildman–Crippen LogP) is 2.77. The number of carbonyl (C=O) groups is 1. The second-order valence-corrected chi connectivity index (χ2v) is 6.26. The van der Waals surface area contributed by atoms with E-state index in [0.29, 0.717) is 37.2 Å². The lowest BCUT2D eigenvalue weighted by Gasteiger charge is -2.19. The summed E-state index contributed by atoms with van der Waals surface area (Å²) in [4.78, 5) is 12.2. The molecule has 2 atom stereocenters. The minimum Gasteiger partial charge on any atom is -0.491 e. The van der Waals surface area contributed by atoms with Crippen molar-refractivity contribution >= 4 is 11.7 Å². The molecule has 5 nitrogen and oxygen atoms in total. The first kappa shape index (κ1) is 16.6. The van der Waals surface area contributed by atoms with Crippen LogP contribution in [0.4, 0.5) is 14.9 Å². The fourth-order valence-corrected chi connectivity index (χ4v) is 2.62. The van der Waals surface area contributed by atoms with E-state index >= 15 is 0 Å². The largest absolute Gasteiger partial charge is 0.491 e. The number of anilines is 1. The van der Waals surface area contributed by atoms with Crippen LogP contribution in [0.1, 0.15) is 19.3 Å². The van der Waals surface area contributed by atoms with E-state index < -0.39 is 17.9 Å². The molecule has 3 rings (SSSR count). The molecule has 24 heavy (non-hydrogen) atoms. The topological polar surface area (TPSA) is 59.6 Å². The molecule has 2 fully saturated rings. The number of hydrogen-bond donors (Lipinski definition) is 2. The Morgan fingerprint density at radius 1 is 1.46 bits per heavy atom. The lowest BCUT2D eigenvalue weighted by atomic mass is 10.00. The lowest BCUT2D eigenvalue weighted by molar-refractivity contribution is 0.181. The second kappa shape index (κ2) is 7.54. The Balaban J connectivity index is 1.61. The molecule has 6 heteroatoms. The van der Waals surface area contributed by atoms with Gasteiger partial charge in [-0.05, 0) is 37.3 Å². The normalized spacial score (nSPS) is 20.9. The molecule has 1 aromatic carbocycles. The number of terminal acetylenes is 1. The van der Waals surface area contributed by atoms with Gasteiger partial charge in [0.2, 0.25) is 0 Å². The first-order valence-electron chi connectivity index (χ1n) is 8.19. The third-order valence-electron chi connectivity index (χ3n) is 4.27. The van der Waals surface area contributed by atoms with Crippen molar-refractivity contribution in [2.45, 2.75) is 25.3 Å². The smallest absolute Gasteiger partial charge is 0.320 e. The Morgan fingerprint density at radius 2 is 2.29 bits per heavy atom. The van der Waals surface area contributed by atoms with E-state index in [9.17, 15) is 9.18 Å². The Hall–Kier alpha value is -2.26. The van der Waals surface area contributed by atoms with E-state index in [4.69, 9.17) is 15.9 Å². The molecule has 1 saturated heterocycles. The zero-order valence-electron chi connectivity index (χ0n) is 13.4. The van der Waals surface area contributed by atoms with Crippen LogP contribution >= 0.6 is 0 Å². The molecule has 1 heterocycles. The van der Waals surface area contributed by atoms with Crippen LogP contribution < -0.4 is 15.4 Å². The Morgan fingerprint density at radius 3 is 2.96 bits per heavy atom. The van der Waals surface area contributed by atoms with Gasteiger partial charge < -0.3 is 20.1 Å². The van der Waals surface area contributed by atoms with E-state index in [2.05, 4.69) is 16.6 Å². The Bertz CT molecular complexity index is 634. The molecule has 0 radical (unpaired) electrons. The summed E-state index contributed by atoms with van der Waals surface area (Å²) in [6.07, 6.45) is 8.59. The number of carbonyl (C=O) groups excluding carboxylic acids is 1. The molecule has 0 unspecified atom stereocenters. The second-order valence-electron chi connectivity index (χ2n) is 6.26. The Kier molecular flexibility index (Phi) is 5.21. The van der Waals surface area contributed by atoms with Gasteiger partial charge in [-0.25, -0.2) is 9.18 Å². The maximum Gasteiger partial charge on any atom is 0.320 e.